The Balaban J connectivity index is 1.32. The van der Waals surface area contributed by atoms with Gasteiger partial charge in [0.2, 0.25) is 5.91 Å². The summed E-state index contributed by atoms with van der Waals surface area (Å²) < 4.78 is 10.8. The summed E-state index contributed by atoms with van der Waals surface area (Å²) in [7, 11) is 0. The van der Waals surface area contributed by atoms with Gasteiger partial charge in [-0.3, -0.25) is 9.59 Å². The van der Waals surface area contributed by atoms with Crippen molar-refractivity contribution in [2.75, 3.05) is 19.7 Å². The first kappa shape index (κ1) is 18.9. The molecule has 0 bridgehead atoms. The topological polar surface area (TPSA) is 97.6 Å². The van der Waals surface area contributed by atoms with Gasteiger partial charge >= 0.3 is 0 Å². The quantitative estimate of drug-likeness (QED) is 0.660. The number of hydrogen-bond acceptors (Lipinski definition) is 6. The number of ether oxygens (including phenoxy) is 1. The molecule has 1 unspecified atom stereocenters. The van der Waals surface area contributed by atoms with E-state index < -0.39 is 0 Å². The lowest BCUT2D eigenvalue weighted by atomic mass is 10.1. The van der Waals surface area contributed by atoms with Crippen LogP contribution >= 0.6 is 0 Å². The molecule has 8 heteroatoms. The zero-order valence-corrected chi connectivity index (χ0v) is 16.1. The Hall–Kier alpha value is -3.42. The van der Waals surface area contributed by atoms with E-state index in [0.717, 1.165) is 16.8 Å². The molecule has 2 aromatic heterocycles. The van der Waals surface area contributed by atoms with E-state index in [-0.39, 0.29) is 24.3 Å². The highest BCUT2D eigenvalue weighted by molar-refractivity contribution is 5.97. The molecule has 1 aromatic carbocycles. The number of hydrogen-bond donors (Lipinski definition) is 1. The van der Waals surface area contributed by atoms with Crippen LogP contribution in [-0.4, -0.2) is 52.6 Å². The Labute approximate surface area is 167 Å². The second-order valence-electron chi connectivity index (χ2n) is 6.94. The number of carbonyl (C=O) groups excluding carboxylic acids is 2. The van der Waals surface area contributed by atoms with Gasteiger partial charge in [-0.2, -0.15) is 0 Å². The maximum atomic E-state index is 12.6. The lowest BCUT2D eigenvalue weighted by Crippen LogP contribution is -2.38. The van der Waals surface area contributed by atoms with Crippen LogP contribution in [0.15, 0.2) is 47.1 Å². The predicted molar refractivity (Wildman–Crippen MR) is 106 cm³/mol. The molecule has 0 aliphatic carbocycles. The third kappa shape index (κ3) is 4.21. The molecule has 1 aliphatic rings. The molecule has 150 valence electrons. The maximum absolute atomic E-state index is 12.6. The highest BCUT2D eigenvalue weighted by atomic mass is 16.5. The van der Waals surface area contributed by atoms with Crippen molar-refractivity contribution in [1.29, 1.82) is 0 Å². The third-order valence-corrected chi connectivity index (χ3v) is 4.92. The zero-order valence-electron chi connectivity index (χ0n) is 16.1. The average molecular weight is 394 g/mol. The minimum Gasteiger partial charge on any atom is -0.492 e. The minimum absolute atomic E-state index is 0.00726. The number of aromatic nitrogens is 2. The second kappa shape index (κ2) is 8.30. The Morgan fingerprint density at radius 3 is 2.97 bits per heavy atom. The molecule has 8 nitrogen and oxygen atoms in total. The molecule has 1 fully saturated rings. The molecular weight excluding hydrogens is 372 g/mol. The second-order valence-corrected chi connectivity index (χ2v) is 6.94. The summed E-state index contributed by atoms with van der Waals surface area (Å²) in [6.07, 6.45) is 2.43. The normalized spacial score (nSPS) is 16.4. The fourth-order valence-electron chi connectivity index (χ4n) is 3.40. The first-order chi connectivity index (χ1) is 14.1. The number of amides is 2. The van der Waals surface area contributed by atoms with Crippen LogP contribution in [0.2, 0.25) is 0 Å². The number of rotatable bonds is 7. The van der Waals surface area contributed by atoms with E-state index in [1.165, 1.54) is 6.20 Å². The molecule has 29 heavy (non-hydrogen) atoms. The molecule has 1 N–H and O–H groups in total. The molecule has 2 amide bonds. The summed E-state index contributed by atoms with van der Waals surface area (Å²) in [5.74, 6) is 0.516. The van der Waals surface area contributed by atoms with Crippen LogP contribution in [0, 0.1) is 0 Å². The lowest BCUT2D eigenvalue weighted by Gasteiger charge is -2.17. The molecule has 1 atom stereocenters. The highest BCUT2D eigenvalue weighted by Crippen LogP contribution is 2.19. The van der Waals surface area contributed by atoms with Crippen LogP contribution in [0.3, 0.4) is 0 Å². The van der Waals surface area contributed by atoms with Crippen molar-refractivity contribution in [1.82, 2.24) is 20.4 Å². The number of nitrogens with zero attached hydrogens (tertiary/aromatic N) is 3. The number of benzene rings is 1. The minimum atomic E-state index is -0.261. The van der Waals surface area contributed by atoms with Crippen molar-refractivity contribution >= 4 is 22.9 Å². The van der Waals surface area contributed by atoms with Gasteiger partial charge in [0.05, 0.1) is 29.2 Å². The van der Waals surface area contributed by atoms with Crippen LogP contribution in [0.1, 0.15) is 29.4 Å². The van der Waals surface area contributed by atoms with Crippen molar-refractivity contribution < 1.29 is 18.8 Å². The van der Waals surface area contributed by atoms with Crippen LogP contribution in [0.5, 0.6) is 5.75 Å². The molecule has 3 aromatic rings. The molecule has 4 rings (SSSR count). The summed E-state index contributed by atoms with van der Waals surface area (Å²) in [5, 5.41) is 7.62. The highest BCUT2D eigenvalue weighted by Gasteiger charge is 2.30. The average Bonchev–Trinajstić information content (AvgIpc) is 3.31. The van der Waals surface area contributed by atoms with E-state index in [2.05, 4.69) is 15.5 Å². The largest absolute Gasteiger partial charge is 0.492 e. The summed E-state index contributed by atoms with van der Waals surface area (Å²) in [5.41, 5.74) is 1.61. The van der Waals surface area contributed by atoms with E-state index in [9.17, 15) is 9.59 Å². The Bertz CT molecular complexity index is 1020. The first-order valence-electron chi connectivity index (χ1n) is 9.65. The van der Waals surface area contributed by atoms with Crippen molar-refractivity contribution in [2.24, 2.45) is 0 Å². The number of nitrogens with one attached hydrogen (secondary N) is 1. The fourth-order valence-corrected chi connectivity index (χ4v) is 3.40. The summed E-state index contributed by atoms with van der Waals surface area (Å²) in [6, 6.07) is 11.0. The molecule has 1 saturated heterocycles. The van der Waals surface area contributed by atoms with Gasteiger partial charge < -0.3 is 19.5 Å². The van der Waals surface area contributed by atoms with Crippen molar-refractivity contribution in [3.05, 3.63) is 53.9 Å². The smallest absolute Gasteiger partial charge is 0.257 e. The van der Waals surface area contributed by atoms with Gasteiger partial charge in [0.1, 0.15) is 12.4 Å². The van der Waals surface area contributed by atoms with Crippen LogP contribution in [0.4, 0.5) is 0 Å². The first-order valence-corrected chi connectivity index (χ1v) is 9.65. The van der Waals surface area contributed by atoms with Gasteiger partial charge in [-0.1, -0.05) is 30.3 Å². The Morgan fingerprint density at radius 2 is 2.17 bits per heavy atom. The maximum Gasteiger partial charge on any atom is 0.257 e. The molecule has 0 saturated carbocycles. The van der Waals surface area contributed by atoms with Gasteiger partial charge in [0, 0.05) is 19.2 Å². The van der Waals surface area contributed by atoms with Crippen LogP contribution in [-0.2, 0) is 11.2 Å². The summed E-state index contributed by atoms with van der Waals surface area (Å²) >= 11 is 0. The van der Waals surface area contributed by atoms with Gasteiger partial charge in [-0.25, -0.2) is 4.98 Å². The lowest BCUT2D eigenvalue weighted by molar-refractivity contribution is -0.128. The van der Waals surface area contributed by atoms with Gasteiger partial charge in [0.25, 0.3) is 11.6 Å². The molecular formula is C21H22N4O4. The van der Waals surface area contributed by atoms with E-state index in [1.807, 2.05) is 37.3 Å². The van der Waals surface area contributed by atoms with E-state index in [1.54, 1.807) is 11.0 Å². The van der Waals surface area contributed by atoms with Gasteiger partial charge in [-0.05, 0) is 24.6 Å². The van der Waals surface area contributed by atoms with E-state index >= 15 is 0 Å². The van der Waals surface area contributed by atoms with E-state index in [0.29, 0.717) is 37.4 Å². The molecule has 1 aliphatic heterocycles. The van der Waals surface area contributed by atoms with Crippen molar-refractivity contribution in [3.8, 4) is 5.75 Å². The number of likely N-dealkylation sites (tertiary alicyclic amines) is 1. The van der Waals surface area contributed by atoms with Crippen LogP contribution < -0.4 is 10.1 Å². The monoisotopic (exact) mass is 394 g/mol. The number of aryl methyl sites for hydroxylation is 1. The number of fused-ring (bicyclic) bond motifs is 1. The molecule has 0 radical (unpaired) electrons. The molecule has 3 heterocycles. The number of pyridine rings is 1. The zero-order chi connectivity index (χ0) is 20.2. The third-order valence-electron chi connectivity index (χ3n) is 4.92. The van der Waals surface area contributed by atoms with Crippen molar-refractivity contribution in [3.63, 3.8) is 0 Å². The standard InChI is InChI=1S/C21H22N4O4/c1-2-18-17-10-14(12-22-21(17)29-24-18)20(27)23-15-11-19(26)25(13-15)8-9-28-16-6-4-3-5-7-16/h3-7,10,12,15H,2,8-9,11,13H2,1H3,(H,23,27). The van der Waals surface area contributed by atoms with Gasteiger partial charge in [-0.15, -0.1) is 0 Å². The SMILES string of the molecule is CCc1noc2ncc(C(=O)NC3CC(=O)N(CCOc4ccccc4)C3)cc12. The van der Waals surface area contributed by atoms with Crippen molar-refractivity contribution in [2.45, 2.75) is 25.8 Å². The predicted octanol–water partition coefficient (Wildman–Crippen LogP) is 2.19. The fraction of sp³-hybridized carbons (Fsp3) is 0.333. The summed E-state index contributed by atoms with van der Waals surface area (Å²) in [6.45, 7) is 3.31. The Morgan fingerprint density at radius 1 is 1.34 bits per heavy atom. The number of para-hydroxylation sites is 1. The number of carbonyl (C=O) groups is 2. The van der Waals surface area contributed by atoms with Crippen LogP contribution in [0.25, 0.3) is 11.1 Å². The molecule has 0 spiro atoms. The Kier molecular flexibility index (Phi) is 5.41. The summed E-state index contributed by atoms with van der Waals surface area (Å²) in [4.78, 5) is 30.7. The van der Waals surface area contributed by atoms with E-state index in [4.69, 9.17) is 9.26 Å². The van der Waals surface area contributed by atoms with Gasteiger partial charge in [0.15, 0.2) is 0 Å².